The molecule has 0 saturated carbocycles. The van der Waals surface area contributed by atoms with Crippen LogP contribution in [0.3, 0.4) is 0 Å². The van der Waals surface area contributed by atoms with E-state index in [2.05, 4.69) is 5.32 Å². The van der Waals surface area contributed by atoms with E-state index in [9.17, 15) is 14.4 Å². The number of nitrogens with zero attached hydrogens (tertiary/aromatic N) is 1. The van der Waals surface area contributed by atoms with Crippen LogP contribution < -0.4 is 19.7 Å². The third-order valence-corrected chi connectivity index (χ3v) is 4.62. The molecule has 1 N–H and O–H groups in total. The Morgan fingerprint density at radius 3 is 2.60 bits per heavy atom. The fraction of sp³-hybridized carbons (Fsp3) is 0.318. The number of carbonyl (C=O) groups excluding carboxylic acids is 3. The van der Waals surface area contributed by atoms with Crippen LogP contribution in [-0.2, 0) is 19.1 Å². The van der Waals surface area contributed by atoms with Crippen molar-refractivity contribution in [2.24, 2.45) is 5.92 Å². The van der Waals surface area contributed by atoms with Gasteiger partial charge < -0.3 is 24.4 Å². The van der Waals surface area contributed by atoms with Crippen molar-refractivity contribution in [3.63, 3.8) is 0 Å². The van der Waals surface area contributed by atoms with Gasteiger partial charge in [-0.15, -0.1) is 0 Å². The quantitative estimate of drug-likeness (QED) is 0.670. The largest absolute Gasteiger partial charge is 0.497 e. The number of carbonyl (C=O) groups is 3. The maximum absolute atomic E-state index is 12.3. The van der Waals surface area contributed by atoms with E-state index in [0.29, 0.717) is 29.5 Å². The standard InChI is InChI=1S/C22H24N2O6/c1-3-29-18-9-7-17(8-10-18)24-13-15(11-21(24)26)22(27)30-14-20(25)23-16-5-4-6-19(12-16)28-2/h4-10,12,15H,3,11,13-14H2,1-2H3,(H,23,25)/t15-/m0/s1. The number of esters is 1. The van der Waals surface area contributed by atoms with Gasteiger partial charge in [-0.3, -0.25) is 14.4 Å². The lowest BCUT2D eigenvalue weighted by Gasteiger charge is -2.17. The SMILES string of the molecule is CCOc1ccc(N2C[C@@H](C(=O)OCC(=O)Nc3cccc(OC)c3)CC2=O)cc1. The number of ether oxygens (including phenoxy) is 3. The Balaban J connectivity index is 1.51. The third-order valence-electron chi connectivity index (χ3n) is 4.62. The van der Waals surface area contributed by atoms with E-state index in [1.807, 2.05) is 6.92 Å². The Morgan fingerprint density at radius 2 is 1.90 bits per heavy atom. The maximum atomic E-state index is 12.3. The minimum atomic E-state index is -0.617. The summed E-state index contributed by atoms with van der Waals surface area (Å²) in [5.41, 5.74) is 1.22. The van der Waals surface area contributed by atoms with E-state index in [1.54, 1.807) is 48.5 Å². The first-order valence-corrected chi connectivity index (χ1v) is 9.64. The van der Waals surface area contributed by atoms with Crippen LogP contribution >= 0.6 is 0 Å². The molecule has 158 valence electrons. The molecule has 1 heterocycles. The van der Waals surface area contributed by atoms with E-state index in [0.717, 1.165) is 0 Å². The Labute approximate surface area is 174 Å². The first-order chi connectivity index (χ1) is 14.5. The summed E-state index contributed by atoms with van der Waals surface area (Å²) in [5.74, 6) is -0.507. The van der Waals surface area contributed by atoms with Crippen molar-refractivity contribution < 1.29 is 28.6 Å². The Bertz CT molecular complexity index is 912. The molecule has 0 unspecified atom stereocenters. The molecule has 0 bridgehead atoms. The van der Waals surface area contributed by atoms with E-state index >= 15 is 0 Å². The van der Waals surface area contributed by atoms with Gasteiger partial charge in [0.05, 0.1) is 19.6 Å². The maximum Gasteiger partial charge on any atom is 0.311 e. The second kappa shape index (κ2) is 9.78. The second-order valence-electron chi connectivity index (χ2n) is 6.72. The van der Waals surface area contributed by atoms with Crippen molar-refractivity contribution in [2.75, 3.05) is 37.1 Å². The first-order valence-electron chi connectivity index (χ1n) is 9.64. The highest BCUT2D eigenvalue weighted by Gasteiger charge is 2.36. The van der Waals surface area contributed by atoms with Gasteiger partial charge >= 0.3 is 5.97 Å². The summed E-state index contributed by atoms with van der Waals surface area (Å²) < 4.78 is 15.6. The lowest BCUT2D eigenvalue weighted by atomic mass is 10.1. The molecule has 1 atom stereocenters. The van der Waals surface area contributed by atoms with Crippen LogP contribution in [0.2, 0.25) is 0 Å². The highest BCUT2D eigenvalue weighted by molar-refractivity contribution is 6.00. The molecule has 2 aromatic carbocycles. The van der Waals surface area contributed by atoms with Crippen LogP contribution in [0.25, 0.3) is 0 Å². The highest BCUT2D eigenvalue weighted by Crippen LogP contribution is 2.27. The predicted molar refractivity (Wildman–Crippen MR) is 111 cm³/mol. The number of anilines is 2. The van der Waals surface area contributed by atoms with Crippen LogP contribution in [0.5, 0.6) is 11.5 Å². The summed E-state index contributed by atoms with van der Waals surface area (Å²) in [6.45, 7) is 2.24. The van der Waals surface area contributed by atoms with Crippen LogP contribution in [0, 0.1) is 5.92 Å². The van der Waals surface area contributed by atoms with Crippen molar-refractivity contribution in [2.45, 2.75) is 13.3 Å². The summed E-state index contributed by atoms with van der Waals surface area (Å²) in [4.78, 5) is 38.3. The first kappa shape index (κ1) is 21.2. The van der Waals surface area contributed by atoms with Gasteiger partial charge in [0.25, 0.3) is 5.91 Å². The lowest BCUT2D eigenvalue weighted by Crippen LogP contribution is -2.28. The van der Waals surface area contributed by atoms with Gasteiger partial charge in [0.1, 0.15) is 11.5 Å². The van der Waals surface area contributed by atoms with Gasteiger partial charge in [-0.25, -0.2) is 0 Å². The summed E-state index contributed by atoms with van der Waals surface area (Å²) in [7, 11) is 1.53. The van der Waals surface area contributed by atoms with Crippen molar-refractivity contribution in [1.82, 2.24) is 0 Å². The number of hydrogen-bond donors (Lipinski definition) is 1. The number of benzene rings is 2. The fourth-order valence-electron chi connectivity index (χ4n) is 3.16. The molecular weight excluding hydrogens is 388 g/mol. The molecule has 0 spiro atoms. The number of hydrogen-bond acceptors (Lipinski definition) is 6. The zero-order valence-electron chi connectivity index (χ0n) is 16.9. The van der Waals surface area contributed by atoms with Crippen LogP contribution in [0.1, 0.15) is 13.3 Å². The van der Waals surface area contributed by atoms with E-state index in [4.69, 9.17) is 14.2 Å². The molecule has 0 aromatic heterocycles. The van der Waals surface area contributed by atoms with Gasteiger partial charge in [0, 0.05) is 30.4 Å². The molecule has 1 aliphatic heterocycles. The van der Waals surface area contributed by atoms with Gasteiger partial charge in [0.2, 0.25) is 5.91 Å². The van der Waals surface area contributed by atoms with E-state index in [-0.39, 0.29) is 18.9 Å². The highest BCUT2D eigenvalue weighted by atomic mass is 16.5. The van der Waals surface area contributed by atoms with Crippen molar-refractivity contribution in [3.05, 3.63) is 48.5 Å². The van der Waals surface area contributed by atoms with Crippen molar-refractivity contribution in [1.29, 1.82) is 0 Å². The minimum Gasteiger partial charge on any atom is -0.497 e. The monoisotopic (exact) mass is 412 g/mol. The molecule has 2 amide bonds. The molecule has 0 radical (unpaired) electrons. The van der Waals surface area contributed by atoms with Crippen LogP contribution in [-0.4, -0.2) is 44.7 Å². The summed E-state index contributed by atoms with van der Waals surface area (Å²) in [5, 5.41) is 2.64. The molecule has 3 rings (SSSR count). The lowest BCUT2D eigenvalue weighted by molar-refractivity contribution is -0.151. The molecule has 30 heavy (non-hydrogen) atoms. The number of amides is 2. The third kappa shape index (κ3) is 5.28. The van der Waals surface area contributed by atoms with E-state index in [1.165, 1.54) is 12.0 Å². The summed E-state index contributed by atoms with van der Waals surface area (Å²) in [6.07, 6.45) is 0.0452. The zero-order valence-corrected chi connectivity index (χ0v) is 16.9. The van der Waals surface area contributed by atoms with Gasteiger partial charge in [-0.2, -0.15) is 0 Å². The van der Waals surface area contributed by atoms with E-state index < -0.39 is 24.4 Å². The van der Waals surface area contributed by atoms with Gasteiger partial charge in [0.15, 0.2) is 6.61 Å². The van der Waals surface area contributed by atoms with Gasteiger partial charge in [-0.05, 0) is 43.3 Å². The smallest absolute Gasteiger partial charge is 0.311 e. The predicted octanol–water partition coefficient (Wildman–Crippen LogP) is 2.63. The summed E-state index contributed by atoms with van der Waals surface area (Å²) >= 11 is 0. The topological polar surface area (TPSA) is 94.2 Å². The molecule has 1 aliphatic rings. The number of rotatable bonds is 8. The average Bonchev–Trinajstić information content (AvgIpc) is 3.14. The second-order valence-corrected chi connectivity index (χ2v) is 6.72. The fourth-order valence-corrected chi connectivity index (χ4v) is 3.16. The summed E-state index contributed by atoms with van der Waals surface area (Å²) in [6, 6.07) is 14.0. The molecule has 0 aliphatic carbocycles. The molecule has 8 nitrogen and oxygen atoms in total. The average molecular weight is 412 g/mol. The number of methoxy groups -OCH3 is 1. The molecule has 8 heteroatoms. The number of nitrogens with one attached hydrogen (secondary N) is 1. The molecule has 2 aromatic rings. The zero-order chi connectivity index (χ0) is 21.5. The normalized spacial score (nSPS) is 15.6. The molecule has 1 saturated heterocycles. The Hall–Kier alpha value is -3.55. The van der Waals surface area contributed by atoms with Crippen LogP contribution in [0.4, 0.5) is 11.4 Å². The van der Waals surface area contributed by atoms with Crippen LogP contribution in [0.15, 0.2) is 48.5 Å². The van der Waals surface area contributed by atoms with Crippen molar-refractivity contribution >= 4 is 29.2 Å². The Kier molecular flexibility index (Phi) is 6.90. The molecule has 1 fully saturated rings. The minimum absolute atomic E-state index is 0.0452. The van der Waals surface area contributed by atoms with Crippen molar-refractivity contribution in [3.8, 4) is 11.5 Å². The molecular formula is C22H24N2O6. The van der Waals surface area contributed by atoms with Gasteiger partial charge in [-0.1, -0.05) is 6.07 Å². The Morgan fingerprint density at radius 1 is 1.13 bits per heavy atom.